The van der Waals surface area contributed by atoms with Crippen molar-refractivity contribution in [1.29, 1.82) is 0 Å². The van der Waals surface area contributed by atoms with Crippen LogP contribution in [0.2, 0.25) is 0 Å². The van der Waals surface area contributed by atoms with Gasteiger partial charge in [0.25, 0.3) is 0 Å². The standard InChI is InChI=1S/C18H25BrN6O.HI/c1-2-20-18(21-8-4-10-24-9-3-5-17(24)26)22-11-15-13-25-12-14(19)6-7-16(25)23-15;/h6-7,12-13H,2-5,8-11H2,1H3,(H2,20,21,22);1H. The lowest BCUT2D eigenvalue weighted by molar-refractivity contribution is -0.127. The predicted molar refractivity (Wildman–Crippen MR) is 122 cm³/mol. The van der Waals surface area contributed by atoms with Gasteiger partial charge in [0.05, 0.1) is 12.2 Å². The molecule has 0 atom stereocenters. The minimum absolute atomic E-state index is 0. The van der Waals surface area contributed by atoms with Gasteiger partial charge in [-0.3, -0.25) is 4.79 Å². The van der Waals surface area contributed by atoms with Crippen molar-refractivity contribution >= 4 is 57.4 Å². The maximum absolute atomic E-state index is 11.6. The van der Waals surface area contributed by atoms with E-state index >= 15 is 0 Å². The second-order valence-corrected chi connectivity index (χ2v) is 7.22. The number of hydrogen-bond donors (Lipinski definition) is 2. The summed E-state index contributed by atoms with van der Waals surface area (Å²) >= 11 is 3.47. The summed E-state index contributed by atoms with van der Waals surface area (Å²) in [5, 5.41) is 6.58. The second kappa shape index (κ2) is 10.8. The Balaban J connectivity index is 0.00000261. The Kier molecular flexibility index (Phi) is 8.81. The quantitative estimate of drug-likeness (QED) is 0.241. The van der Waals surface area contributed by atoms with Crippen LogP contribution in [0.3, 0.4) is 0 Å². The second-order valence-electron chi connectivity index (χ2n) is 6.30. The van der Waals surface area contributed by atoms with E-state index in [-0.39, 0.29) is 29.9 Å². The fourth-order valence-corrected chi connectivity index (χ4v) is 3.37. The minimum Gasteiger partial charge on any atom is -0.357 e. The molecule has 1 saturated heterocycles. The van der Waals surface area contributed by atoms with Gasteiger partial charge >= 0.3 is 0 Å². The molecule has 148 valence electrons. The molecule has 3 rings (SSSR count). The number of amides is 1. The number of aliphatic imine (C=N–C) groups is 1. The van der Waals surface area contributed by atoms with Crippen LogP contribution in [-0.4, -0.2) is 52.3 Å². The van der Waals surface area contributed by atoms with Crippen LogP contribution >= 0.6 is 39.9 Å². The summed E-state index contributed by atoms with van der Waals surface area (Å²) in [6.07, 6.45) is 6.59. The van der Waals surface area contributed by atoms with Crippen LogP contribution in [0, 0.1) is 0 Å². The van der Waals surface area contributed by atoms with E-state index in [1.807, 2.05) is 40.8 Å². The van der Waals surface area contributed by atoms with Crippen LogP contribution in [0.4, 0.5) is 0 Å². The Labute approximate surface area is 185 Å². The molecule has 3 heterocycles. The van der Waals surface area contributed by atoms with Gasteiger partial charge in [-0.05, 0) is 47.8 Å². The number of halogens is 2. The van der Waals surface area contributed by atoms with E-state index in [1.165, 1.54) is 0 Å². The van der Waals surface area contributed by atoms with E-state index in [9.17, 15) is 4.79 Å². The number of carbonyl (C=O) groups is 1. The number of guanidine groups is 1. The molecule has 0 aromatic carbocycles. The number of imidazole rings is 1. The molecule has 2 aromatic rings. The molecule has 1 fully saturated rings. The summed E-state index contributed by atoms with van der Waals surface area (Å²) in [5.41, 5.74) is 1.83. The van der Waals surface area contributed by atoms with Gasteiger partial charge in [0.15, 0.2) is 5.96 Å². The molecule has 7 nitrogen and oxygen atoms in total. The Morgan fingerprint density at radius 3 is 2.93 bits per heavy atom. The third-order valence-corrected chi connectivity index (χ3v) is 4.75. The lowest BCUT2D eigenvalue weighted by atomic mass is 10.4. The zero-order chi connectivity index (χ0) is 18.4. The summed E-state index contributed by atoms with van der Waals surface area (Å²) in [6.45, 7) is 5.85. The molecule has 2 aromatic heterocycles. The zero-order valence-electron chi connectivity index (χ0n) is 15.4. The molecule has 0 radical (unpaired) electrons. The van der Waals surface area contributed by atoms with Crippen molar-refractivity contribution in [3.63, 3.8) is 0 Å². The van der Waals surface area contributed by atoms with Crippen LogP contribution < -0.4 is 10.6 Å². The number of rotatable bonds is 7. The van der Waals surface area contributed by atoms with Crippen molar-refractivity contribution in [1.82, 2.24) is 24.9 Å². The summed E-state index contributed by atoms with van der Waals surface area (Å²) in [4.78, 5) is 22.8. The Morgan fingerprint density at radius 1 is 1.33 bits per heavy atom. The number of carbonyl (C=O) groups excluding carboxylic acids is 1. The average molecular weight is 549 g/mol. The first-order valence-electron chi connectivity index (χ1n) is 9.09. The van der Waals surface area contributed by atoms with Crippen molar-refractivity contribution in [2.75, 3.05) is 26.2 Å². The lowest BCUT2D eigenvalue weighted by Crippen LogP contribution is -2.39. The topological polar surface area (TPSA) is 74.0 Å². The van der Waals surface area contributed by atoms with Crippen LogP contribution in [0.15, 0.2) is 34.0 Å². The van der Waals surface area contributed by atoms with Crippen LogP contribution in [0.25, 0.3) is 5.65 Å². The van der Waals surface area contributed by atoms with Crippen molar-refractivity contribution in [2.24, 2.45) is 4.99 Å². The summed E-state index contributed by atoms with van der Waals surface area (Å²) < 4.78 is 3.01. The van der Waals surface area contributed by atoms with Crippen molar-refractivity contribution in [3.8, 4) is 0 Å². The molecule has 0 saturated carbocycles. The number of pyridine rings is 1. The number of likely N-dealkylation sites (tertiary alicyclic amines) is 1. The summed E-state index contributed by atoms with van der Waals surface area (Å²) in [5.74, 6) is 1.06. The smallest absolute Gasteiger partial charge is 0.222 e. The molecule has 0 aliphatic carbocycles. The molecule has 1 amide bonds. The summed E-state index contributed by atoms with van der Waals surface area (Å²) in [6, 6.07) is 3.95. The Bertz CT molecular complexity index is 793. The van der Waals surface area contributed by atoms with E-state index in [0.29, 0.717) is 13.0 Å². The fraction of sp³-hybridized carbons (Fsp3) is 0.500. The Morgan fingerprint density at radius 2 is 2.19 bits per heavy atom. The maximum atomic E-state index is 11.6. The molecule has 1 aliphatic heterocycles. The highest BCUT2D eigenvalue weighted by Gasteiger charge is 2.18. The highest BCUT2D eigenvalue weighted by molar-refractivity contribution is 14.0. The first-order chi connectivity index (χ1) is 12.7. The van der Waals surface area contributed by atoms with Gasteiger partial charge in [-0.2, -0.15) is 0 Å². The van der Waals surface area contributed by atoms with Gasteiger partial charge in [0, 0.05) is 49.5 Å². The van der Waals surface area contributed by atoms with E-state index in [2.05, 4.69) is 36.5 Å². The maximum Gasteiger partial charge on any atom is 0.222 e. The molecule has 1 aliphatic rings. The van der Waals surface area contributed by atoms with Gasteiger partial charge in [-0.25, -0.2) is 9.98 Å². The SMILES string of the molecule is CCNC(=NCc1cn2cc(Br)ccc2n1)NCCCN1CCCC1=O.I. The molecular formula is C18H26BrIN6O. The van der Waals surface area contributed by atoms with E-state index in [1.54, 1.807) is 0 Å². The highest BCUT2D eigenvalue weighted by Crippen LogP contribution is 2.13. The molecule has 0 spiro atoms. The fourth-order valence-electron chi connectivity index (χ4n) is 3.01. The van der Waals surface area contributed by atoms with Crippen molar-refractivity contribution in [2.45, 2.75) is 32.7 Å². The monoisotopic (exact) mass is 548 g/mol. The van der Waals surface area contributed by atoms with Gasteiger partial charge < -0.3 is 19.9 Å². The molecule has 2 N–H and O–H groups in total. The first kappa shape index (κ1) is 21.9. The van der Waals surface area contributed by atoms with Crippen molar-refractivity contribution in [3.05, 3.63) is 34.7 Å². The van der Waals surface area contributed by atoms with Gasteiger partial charge in [-0.15, -0.1) is 24.0 Å². The predicted octanol–water partition coefficient (Wildman–Crippen LogP) is 2.78. The van der Waals surface area contributed by atoms with Crippen LogP contribution in [-0.2, 0) is 11.3 Å². The summed E-state index contributed by atoms with van der Waals surface area (Å²) in [7, 11) is 0. The minimum atomic E-state index is 0. The van der Waals surface area contributed by atoms with Crippen LogP contribution in [0.1, 0.15) is 31.9 Å². The van der Waals surface area contributed by atoms with Crippen LogP contribution in [0.5, 0.6) is 0 Å². The van der Waals surface area contributed by atoms with Crippen molar-refractivity contribution < 1.29 is 4.79 Å². The third-order valence-electron chi connectivity index (χ3n) is 4.28. The molecular weight excluding hydrogens is 523 g/mol. The number of fused-ring (bicyclic) bond motifs is 1. The number of nitrogens with zero attached hydrogens (tertiary/aromatic N) is 4. The average Bonchev–Trinajstić information content (AvgIpc) is 3.21. The number of aromatic nitrogens is 2. The zero-order valence-corrected chi connectivity index (χ0v) is 19.4. The van der Waals surface area contributed by atoms with Gasteiger partial charge in [0.1, 0.15) is 5.65 Å². The van der Waals surface area contributed by atoms with E-state index in [4.69, 9.17) is 0 Å². The Hall–Kier alpha value is -1.36. The molecule has 0 unspecified atom stereocenters. The van der Waals surface area contributed by atoms with Gasteiger partial charge in [0.2, 0.25) is 5.91 Å². The normalized spacial score (nSPS) is 14.5. The number of hydrogen-bond acceptors (Lipinski definition) is 3. The number of nitrogens with one attached hydrogen (secondary N) is 2. The first-order valence-corrected chi connectivity index (χ1v) is 9.88. The largest absolute Gasteiger partial charge is 0.357 e. The highest BCUT2D eigenvalue weighted by atomic mass is 127. The van der Waals surface area contributed by atoms with E-state index in [0.717, 1.165) is 60.8 Å². The molecule has 9 heteroatoms. The molecule has 0 bridgehead atoms. The van der Waals surface area contributed by atoms with E-state index < -0.39 is 0 Å². The molecule has 27 heavy (non-hydrogen) atoms. The van der Waals surface area contributed by atoms with Gasteiger partial charge in [-0.1, -0.05) is 0 Å². The lowest BCUT2D eigenvalue weighted by Gasteiger charge is -2.16. The third kappa shape index (κ3) is 6.34.